The molecule has 1 heterocycles. The van der Waals surface area contributed by atoms with Crippen LogP contribution in [0.25, 0.3) is 0 Å². The summed E-state index contributed by atoms with van der Waals surface area (Å²) >= 11 is 5.98. The highest BCUT2D eigenvalue weighted by Gasteiger charge is 2.06. The molecule has 0 bridgehead atoms. The number of nitrogens with zero attached hydrogens (tertiary/aromatic N) is 1. The highest BCUT2D eigenvalue weighted by molar-refractivity contribution is 6.30. The number of H-pyrrole nitrogens is 1. The van der Waals surface area contributed by atoms with Gasteiger partial charge in [0, 0.05) is 28.5 Å². The third-order valence-corrected chi connectivity index (χ3v) is 3.17. The lowest BCUT2D eigenvalue weighted by atomic mass is 10.1. The second-order valence-corrected chi connectivity index (χ2v) is 4.66. The molecule has 3 nitrogen and oxygen atoms in total. The molecular formula is C13H16ClN3. The van der Waals surface area contributed by atoms with Gasteiger partial charge in [-0.25, -0.2) is 0 Å². The Labute approximate surface area is 106 Å². The van der Waals surface area contributed by atoms with E-state index >= 15 is 0 Å². The summed E-state index contributed by atoms with van der Waals surface area (Å²) in [6, 6.07) is 5.86. The zero-order valence-corrected chi connectivity index (χ0v) is 11.0. The minimum atomic E-state index is 0.749. The Morgan fingerprint density at radius 3 is 2.71 bits per heavy atom. The summed E-state index contributed by atoms with van der Waals surface area (Å²) in [4.78, 5) is 0. The molecule has 1 aromatic heterocycles. The molecule has 0 saturated heterocycles. The fourth-order valence-corrected chi connectivity index (χ4v) is 1.97. The number of hydrogen-bond donors (Lipinski definition) is 2. The van der Waals surface area contributed by atoms with E-state index in [1.807, 2.05) is 32.0 Å². The molecule has 0 radical (unpaired) electrons. The standard InChI is InChI=1S/C13H16ClN3/c1-8-4-5-11(14)6-13(8)15-7-12-9(2)16-17-10(12)3/h4-6,15H,7H2,1-3H3,(H,16,17). The maximum atomic E-state index is 5.98. The van der Waals surface area contributed by atoms with Crippen LogP contribution in [0.1, 0.15) is 22.5 Å². The predicted octanol–water partition coefficient (Wildman–Crippen LogP) is 3.60. The molecule has 0 unspecified atom stereocenters. The smallest absolute Gasteiger partial charge is 0.0643 e. The van der Waals surface area contributed by atoms with Crippen molar-refractivity contribution >= 4 is 17.3 Å². The van der Waals surface area contributed by atoms with Crippen molar-refractivity contribution in [1.29, 1.82) is 0 Å². The number of rotatable bonds is 3. The van der Waals surface area contributed by atoms with Crippen molar-refractivity contribution < 1.29 is 0 Å². The van der Waals surface area contributed by atoms with Gasteiger partial charge in [0.15, 0.2) is 0 Å². The number of aryl methyl sites for hydroxylation is 3. The van der Waals surface area contributed by atoms with Crippen LogP contribution in [0, 0.1) is 20.8 Å². The number of benzene rings is 1. The minimum Gasteiger partial charge on any atom is -0.381 e. The van der Waals surface area contributed by atoms with Gasteiger partial charge in [-0.2, -0.15) is 5.10 Å². The fraction of sp³-hybridized carbons (Fsp3) is 0.308. The molecular weight excluding hydrogens is 234 g/mol. The monoisotopic (exact) mass is 249 g/mol. The van der Waals surface area contributed by atoms with Crippen molar-refractivity contribution in [3.05, 3.63) is 45.7 Å². The number of nitrogens with one attached hydrogen (secondary N) is 2. The first-order chi connectivity index (χ1) is 8.08. The SMILES string of the molecule is Cc1ccc(Cl)cc1NCc1c(C)n[nH]c1C. The molecule has 0 fully saturated rings. The van der Waals surface area contributed by atoms with Gasteiger partial charge in [-0.15, -0.1) is 0 Å². The number of aromatic nitrogens is 2. The summed E-state index contributed by atoms with van der Waals surface area (Å²) in [5.41, 5.74) is 5.61. The molecule has 1 aromatic carbocycles. The molecule has 0 saturated carbocycles. The lowest BCUT2D eigenvalue weighted by Crippen LogP contribution is -2.02. The van der Waals surface area contributed by atoms with Gasteiger partial charge in [-0.3, -0.25) is 5.10 Å². The predicted molar refractivity (Wildman–Crippen MR) is 71.6 cm³/mol. The van der Waals surface area contributed by atoms with E-state index in [4.69, 9.17) is 11.6 Å². The normalized spacial score (nSPS) is 10.6. The van der Waals surface area contributed by atoms with Crippen molar-refractivity contribution in [2.45, 2.75) is 27.3 Å². The van der Waals surface area contributed by atoms with Crippen molar-refractivity contribution in [1.82, 2.24) is 10.2 Å². The van der Waals surface area contributed by atoms with Crippen molar-refractivity contribution in [2.24, 2.45) is 0 Å². The van der Waals surface area contributed by atoms with Gasteiger partial charge in [0.2, 0.25) is 0 Å². The van der Waals surface area contributed by atoms with Gasteiger partial charge < -0.3 is 5.32 Å². The third kappa shape index (κ3) is 2.61. The summed E-state index contributed by atoms with van der Waals surface area (Å²) in [5, 5.41) is 11.3. The van der Waals surface area contributed by atoms with Crippen LogP contribution < -0.4 is 5.32 Å². The van der Waals surface area contributed by atoms with E-state index in [9.17, 15) is 0 Å². The lowest BCUT2D eigenvalue weighted by molar-refractivity contribution is 1.02. The summed E-state index contributed by atoms with van der Waals surface area (Å²) in [6.07, 6.45) is 0. The summed E-state index contributed by atoms with van der Waals surface area (Å²) in [7, 11) is 0. The van der Waals surface area contributed by atoms with Crippen LogP contribution in [0.2, 0.25) is 5.02 Å². The fourth-order valence-electron chi connectivity index (χ4n) is 1.80. The average molecular weight is 250 g/mol. The molecule has 0 aliphatic rings. The minimum absolute atomic E-state index is 0.749. The zero-order valence-electron chi connectivity index (χ0n) is 10.3. The molecule has 17 heavy (non-hydrogen) atoms. The van der Waals surface area contributed by atoms with E-state index in [0.29, 0.717) is 0 Å². The van der Waals surface area contributed by atoms with Crippen LogP contribution in [0.5, 0.6) is 0 Å². The highest BCUT2D eigenvalue weighted by Crippen LogP contribution is 2.21. The van der Waals surface area contributed by atoms with Gasteiger partial charge in [0.1, 0.15) is 0 Å². The van der Waals surface area contributed by atoms with E-state index in [1.54, 1.807) is 0 Å². The van der Waals surface area contributed by atoms with Gasteiger partial charge in [-0.1, -0.05) is 17.7 Å². The second kappa shape index (κ2) is 4.80. The van der Waals surface area contributed by atoms with Crippen molar-refractivity contribution in [3.8, 4) is 0 Å². The Balaban J connectivity index is 2.15. The van der Waals surface area contributed by atoms with Crippen LogP contribution in [-0.4, -0.2) is 10.2 Å². The summed E-state index contributed by atoms with van der Waals surface area (Å²) in [6.45, 7) is 6.86. The molecule has 0 spiro atoms. The largest absolute Gasteiger partial charge is 0.381 e. The molecule has 0 aliphatic heterocycles. The summed E-state index contributed by atoms with van der Waals surface area (Å²) < 4.78 is 0. The third-order valence-electron chi connectivity index (χ3n) is 2.94. The lowest BCUT2D eigenvalue weighted by Gasteiger charge is -2.10. The first-order valence-corrected chi connectivity index (χ1v) is 5.96. The van der Waals surface area contributed by atoms with Crippen LogP contribution in [0.15, 0.2) is 18.2 Å². The van der Waals surface area contributed by atoms with E-state index in [2.05, 4.69) is 22.4 Å². The zero-order chi connectivity index (χ0) is 12.4. The van der Waals surface area contributed by atoms with Crippen LogP contribution in [0.3, 0.4) is 0 Å². The van der Waals surface area contributed by atoms with Crippen molar-refractivity contribution in [3.63, 3.8) is 0 Å². The maximum absolute atomic E-state index is 5.98. The Hall–Kier alpha value is -1.48. The van der Waals surface area contributed by atoms with Crippen LogP contribution in [-0.2, 0) is 6.54 Å². The Bertz CT molecular complexity index is 512. The molecule has 2 N–H and O–H groups in total. The second-order valence-electron chi connectivity index (χ2n) is 4.23. The van der Waals surface area contributed by atoms with E-state index < -0.39 is 0 Å². The molecule has 0 aliphatic carbocycles. The quantitative estimate of drug-likeness (QED) is 0.873. The van der Waals surface area contributed by atoms with Gasteiger partial charge in [0.25, 0.3) is 0 Å². The number of aromatic amines is 1. The Morgan fingerprint density at radius 2 is 2.06 bits per heavy atom. The van der Waals surface area contributed by atoms with Gasteiger partial charge in [0.05, 0.1) is 5.69 Å². The first kappa shape index (κ1) is 12.0. The Morgan fingerprint density at radius 1 is 1.29 bits per heavy atom. The Kier molecular flexibility index (Phi) is 3.38. The topological polar surface area (TPSA) is 40.7 Å². The molecule has 90 valence electrons. The average Bonchev–Trinajstić information content (AvgIpc) is 2.61. The maximum Gasteiger partial charge on any atom is 0.0643 e. The van der Waals surface area contributed by atoms with E-state index in [1.165, 1.54) is 11.1 Å². The highest BCUT2D eigenvalue weighted by atomic mass is 35.5. The molecule has 2 aromatic rings. The number of anilines is 1. The summed E-state index contributed by atoms with van der Waals surface area (Å²) in [5.74, 6) is 0. The van der Waals surface area contributed by atoms with E-state index in [0.717, 1.165) is 28.6 Å². The van der Waals surface area contributed by atoms with Gasteiger partial charge in [-0.05, 0) is 38.5 Å². The van der Waals surface area contributed by atoms with Gasteiger partial charge >= 0.3 is 0 Å². The van der Waals surface area contributed by atoms with Crippen LogP contribution in [0.4, 0.5) is 5.69 Å². The molecule has 0 amide bonds. The van der Waals surface area contributed by atoms with Crippen LogP contribution >= 0.6 is 11.6 Å². The first-order valence-electron chi connectivity index (χ1n) is 5.58. The number of hydrogen-bond acceptors (Lipinski definition) is 2. The number of halogens is 1. The molecule has 4 heteroatoms. The van der Waals surface area contributed by atoms with Crippen molar-refractivity contribution in [2.75, 3.05) is 5.32 Å². The van der Waals surface area contributed by atoms with E-state index in [-0.39, 0.29) is 0 Å². The molecule has 0 atom stereocenters. The molecule has 2 rings (SSSR count).